The molecule has 3 N–H and O–H groups in total. The van der Waals surface area contributed by atoms with Crippen molar-refractivity contribution in [1.82, 2.24) is 15.1 Å². The third-order valence-corrected chi connectivity index (χ3v) is 3.54. The first-order valence-corrected chi connectivity index (χ1v) is 6.77. The van der Waals surface area contributed by atoms with Crippen LogP contribution in [0.4, 0.5) is 4.79 Å². The van der Waals surface area contributed by atoms with Crippen LogP contribution in [-0.2, 0) is 14.4 Å². The molecular weight excluding hydrogens is 312 g/mol. The summed E-state index contributed by atoms with van der Waals surface area (Å²) in [5.74, 6) is -2.06. The number of nitrogens with two attached hydrogens (primary N) is 1. The summed E-state index contributed by atoms with van der Waals surface area (Å²) >= 11 is 0. The van der Waals surface area contributed by atoms with E-state index in [-0.39, 0.29) is 25.0 Å². The molecule has 0 bridgehead atoms. The van der Waals surface area contributed by atoms with Crippen molar-refractivity contribution >= 4 is 36.2 Å². The van der Waals surface area contributed by atoms with Crippen LogP contribution >= 0.6 is 12.4 Å². The van der Waals surface area contributed by atoms with Crippen LogP contribution < -0.4 is 11.1 Å². The summed E-state index contributed by atoms with van der Waals surface area (Å²) in [6, 6.07) is -0.943. The van der Waals surface area contributed by atoms with Gasteiger partial charge in [0.2, 0.25) is 5.91 Å². The van der Waals surface area contributed by atoms with E-state index < -0.39 is 30.3 Å². The van der Waals surface area contributed by atoms with Crippen LogP contribution in [0.2, 0.25) is 0 Å². The molecule has 2 aliphatic rings. The van der Waals surface area contributed by atoms with Crippen molar-refractivity contribution in [2.75, 3.05) is 19.6 Å². The Balaban J connectivity index is 0.00000242. The first-order chi connectivity index (χ1) is 9.99. The molecule has 0 radical (unpaired) electrons. The highest BCUT2D eigenvalue weighted by Gasteiger charge is 2.44. The molecule has 122 valence electrons. The molecule has 1 aliphatic heterocycles. The standard InChI is InChI=1S/C13H18N4O4.ClH/c1-2-5-16-11(19)12(20)17(13(16)21)7-10(18)15-9(6-14)8-3-4-8;/h2,8-9H,1,3-7,14H2,(H,15,18);1H. The van der Waals surface area contributed by atoms with Gasteiger partial charge in [0.05, 0.1) is 0 Å². The Morgan fingerprint density at radius 1 is 1.32 bits per heavy atom. The van der Waals surface area contributed by atoms with Gasteiger partial charge in [0.25, 0.3) is 0 Å². The Hall–Kier alpha value is -1.93. The van der Waals surface area contributed by atoms with Crippen molar-refractivity contribution in [3.05, 3.63) is 12.7 Å². The zero-order valence-corrected chi connectivity index (χ0v) is 12.8. The van der Waals surface area contributed by atoms with Gasteiger partial charge in [-0.2, -0.15) is 0 Å². The van der Waals surface area contributed by atoms with Crippen LogP contribution in [0.1, 0.15) is 12.8 Å². The van der Waals surface area contributed by atoms with Crippen molar-refractivity contribution in [3.8, 4) is 0 Å². The van der Waals surface area contributed by atoms with E-state index in [0.717, 1.165) is 17.7 Å². The maximum Gasteiger partial charge on any atom is 0.335 e. The second-order valence-electron chi connectivity index (χ2n) is 5.13. The molecule has 2 fully saturated rings. The van der Waals surface area contributed by atoms with Crippen LogP contribution in [0.3, 0.4) is 0 Å². The molecule has 8 nitrogen and oxygen atoms in total. The van der Waals surface area contributed by atoms with E-state index in [1.54, 1.807) is 0 Å². The first kappa shape index (κ1) is 18.1. The van der Waals surface area contributed by atoms with Crippen LogP contribution in [0.5, 0.6) is 0 Å². The van der Waals surface area contributed by atoms with E-state index in [4.69, 9.17) is 5.73 Å². The van der Waals surface area contributed by atoms with Gasteiger partial charge in [0.1, 0.15) is 6.54 Å². The highest BCUT2D eigenvalue weighted by molar-refractivity contribution is 6.45. The van der Waals surface area contributed by atoms with E-state index in [1.165, 1.54) is 6.08 Å². The number of imide groups is 2. The van der Waals surface area contributed by atoms with Crippen molar-refractivity contribution in [2.24, 2.45) is 11.7 Å². The minimum atomic E-state index is -0.993. The van der Waals surface area contributed by atoms with Crippen LogP contribution in [0, 0.1) is 5.92 Å². The molecule has 0 aromatic rings. The molecule has 9 heteroatoms. The monoisotopic (exact) mass is 330 g/mol. The van der Waals surface area contributed by atoms with E-state index >= 15 is 0 Å². The predicted octanol–water partition coefficient (Wildman–Crippen LogP) is -0.761. The summed E-state index contributed by atoms with van der Waals surface area (Å²) in [5.41, 5.74) is 5.57. The Labute approximate surface area is 134 Å². The molecule has 5 amide bonds. The molecule has 0 aromatic heterocycles. The second-order valence-corrected chi connectivity index (χ2v) is 5.13. The summed E-state index contributed by atoms with van der Waals surface area (Å²) < 4.78 is 0. The van der Waals surface area contributed by atoms with Crippen LogP contribution in [0.25, 0.3) is 0 Å². The van der Waals surface area contributed by atoms with Crippen molar-refractivity contribution in [1.29, 1.82) is 0 Å². The van der Waals surface area contributed by atoms with Gasteiger partial charge in [-0.05, 0) is 18.8 Å². The van der Waals surface area contributed by atoms with E-state index in [1.807, 2.05) is 0 Å². The molecule has 1 atom stereocenters. The van der Waals surface area contributed by atoms with Gasteiger partial charge in [-0.25, -0.2) is 9.69 Å². The van der Waals surface area contributed by atoms with E-state index in [2.05, 4.69) is 11.9 Å². The zero-order chi connectivity index (χ0) is 15.6. The minimum absolute atomic E-state index is 0. The minimum Gasteiger partial charge on any atom is -0.350 e. The number of rotatable bonds is 7. The predicted molar refractivity (Wildman–Crippen MR) is 80.0 cm³/mol. The molecule has 1 saturated heterocycles. The lowest BCUT2D eigenvalue weighted by Crippen LogP contribution is -2.47. The van der Waals surface area contributed by atoms with E-state index in [0.29, 0.717) is 17.4 Å². The van der Waals surface area contributed by atoms with Gasteiger partial charge < -0.3 is 11.1 Å². The molecular formula is C13H19ClN4O4. The SMILES string of the molecule is C=CCN1C(=O)C(=O)N(CC(=O)NC(CN)C2CC2)C1=O.Cl. The van der Waals surface area contributed by atoms with Crippen molar-refractivity contribution in [2.45, 2.75) is 18.9 Å². The number of carbonyl (C=O) groups is 4. The fraction of sp³-hybridized carbons (Fsp3) is 0.538. The second kappa shape index (κ2) is 7.37. The topological polar surface area (TPSA) is 113 Å². The number of nitrogens with one attached hydrogen (secondary N) is 1. The van der Waals surface area contributed by atoms with Gasteiger partial charge in [0.15, 0.2) is 0 Å². The molecule has 1 heterocycles. The lowest BCUT2D eigenvalue weighted by molar-refractivity contribution is -0.143. The Morgan fingerprint density at radius 3 is 2.41 bits per heavy atom. The molecule has 1 aliphatic carbocycles. The van der Waals surface area contributed by atoms with Gasteiger partial charge in [-0.15, -0.1) is 19.0 Å². The Bertz CT molecular complexity index is 506. The molecule has 1 unspecified atom stereocenters. The zero-order valence-electron chi connectivity index (χ0n) is 12.0. The van der Waals surface area contributed by atoms with Crippen molar-refractivity contribution in [3.63, 3.8) is 0 Å². The average Bonchev–Trinajstić information content (AvgIpc) is 3.27. The van der Waals surface area contributed by atoms with Crippen molar-refractivity contribution < 1.29 is 19.2 Å². The quantitative estimate of drug-likeness (QED) is 0.362. The van der Waals surface area contributed by atoms with Crippen LogP contribution in [-0.4, -0.2) is 59.2 Å². The van der Waals surface area contributed by atoms with E-state index in [9.17, 15) is 19.2 Å². The first-order valence-electron chi connectivity index (χ1n) is 6.77. The molecule has 22 heavy (non-hydrogen) atoms. The maximum atomic E-state index is 11.9. The number of hydrogen-bond acceptors (Lipinski definition) is 5. The molecule has 2 rings (SSSR count). The molecule has 1 saturated carbocycles. The van der Waals surface area contributed by atoms with Gasteiger partial charge in [-0.3, -0.25) is 19.3 Å². The lowest BCUT2D eigenvalue weighted by Gasteiger charge is -2.18. The summed E-state index contributed by atoms with van der Waals surface area (Å²) in [7, 11) is 0. The average molecular weight is 331 g/mol. The number of nitrogens with zero attached hydrogens (tertiary/aromatic N) is 2. The maximum absolute atomic E-state index is 11.9. The van der Waals surface area contributed by atoms with Gasteiger partial charge >= 0.3 is 17.8 Å². The number of halogens is 1. The summed E-state index contributed by atoms with van der Waals surface area (Å²) in [6.45, 7) is 3.18. The number of amides is 5. The fourth-order valence-electron chi connectivity index (χ4n) is 2.24. The number of carbonyl (C=O) groups excluding carboxylic acids is 4. The van der Waals surface area contributed by atoms with Gasteiger partial charge in [0, 0.05) is 19.1 Å². The number of hydrogen-bond donors (Lipinski definition) is 2. The highest BCUT2D eigenvalue weighted by atomic mass is 35.5. The largest absolute Gasteiger partial charge is 0.350 e. The Morgan fingerprint density at radius 2 is 1.91 bits per heavy atom. The summed E-state index contributed by atoms with van der Waals surface area (Å²) in [4.78, 5) is 48.5. The fourth-order valence-corrected chi connectivity index (χ4v) is 2.24. The lowest BCUT2D eigenvalue weighted by atomic mass is 10.2. The van der Waals surface area contributed by atoms with Gasteiger partial charge in [-0.1, -0.05) is 6.08 Å². The molecule has 0 aromatic carbocycles. The Kier molecular flexibility index (Phi) is 6.07. The highest BCUT2D eigenvalue weighted by Crippen LogP contribution is 2.32. The third kappa shape index (κ3) is 3.63. The normalized spacial score (nSPS) is 19.0. The summed E-state index contributed by atoms with van der Waals surface area (Å²) in [6.07, 6.45) is 3.36. The third-order valence-electron chi connectivity index (χ3n) is 3.54. The smallest absolute Gasteiger partial charge is 0.335 e. The summed E-state index contributed by atoms with van der Waals surface area (Å²) in [5, 5.41) is 2.70. The number of urea groups is 1. The molecule has 0 spiro atoms. The van der Waals surface area contributed by atoms with Crippen LogP contribution in [0.15, 0.2) is 12.7 Å².